The van der Waals surface area contributed by atoms with E-state index in [1.807, 2.05) is 60.7 Å². The van der Waals surface area contributed by atoms with Crippen molar-refractivity contribution in [2.75, 3.05) is 25.0 Å². The first-order valence-corrected chi connectivity index (χ1v) is 15.5. The van der Waals surface area contributed by atoms with Gasteiger partial charge >= 0.3 is 5.97 Å². The number of benzene rings is 3. The molecule has 5 rings (SSSR count). The molecule has 1 fully saturated rings. The zero-order valence-corrected chi connectivity index (χ0v) is 24.3. The maximum atomic E-state index is 12.8. The lowest BCUT2D eigenvalue weighted by atomic mass is 9.98. The summed E-state index contributed by atoms with van der Waals surface area (Å²) in [6.07, 6.45) is 3.09. The van der Waals surface area contributed by atoms with Crippen LogP contribution < -0.4 is 5.32 Å². The van der Waals surface area contributed by atoms with E-state index < -0.39 is 28.5 Å². The van der Waals surface area contributed by atoms with Gasteiger partial charge in [-0.05, 0) is 42.5 Å². The van der Waals surface area contributed by atoms with E-state index in [0.717, 1.165) is 36.0 Å². The van der Waals surface area contributed by atoms with Crippen LogP contribution in [0.5, 0.6) is 0 Å². The van der Waals surface area contributed by atoms with Crippen molar-refractivity contribution in [2.45, 2.75) is 37.0 Å². The Morgan fingerprint density at radius 1 is 0.884 bits per heavy atom. The van der Waals surface area contributed by atoms with Gasteiger partial charge in [0.25, 0.3) is 5.91 Å². The van der Waals surface area contributed by atoms with Crippen LogP contribution in [0, 0.1) is 11.3 Å². The summed E-state index contributed by atoms with van der Waals surface area (Å²) in [5.74, 6) is -0.827. The van der Waals surface area contributed by atoms with Crippen LogP contribution in [0.1, 0.15) is 36.8 Å². The number of nitrogens with zero attached hydrogens (tertiary/aromatic N) is 2. The maximum absolute atomic E-state index is 12.8. The van der Waals surface area contributed by atoms with Crippen LogP contribution >= 0.6 is 0 Å². The number of anilines is 1. The van der Waals surface area contributed by atoms with Crippen molar-refractivity contribution in [2.24, 2.45) is 0 Å². The average Bonchev–Trinajstić information content (AvgIpc) is 3.42. The first-order valence-electron chi connectivity index (χ1n) is 14.1. The number of nitriles is 1. The fraction of sp³-hybridized carbons (Fsp3) is 0.242. The molecule has 0 saturated carbocycles. The molecule has 0 spiro atoms. The molecule has 2 heterocycles. The van der Waals surface area contributed by atoms with Gasteiger partial charge in [-0.25, -0.2) is 8.42 Å². The lowest BCUT2D eigenvalue weighted by Crippen LogP contribution is -2.35. The maximum Gasteiger partial charge on any atom is 0.306 e. The number of amides is 1. The summed E-state index contributed by atoms with van der Waals surface area (Å²) in [6, 6.07) is 27.2. The number of furan rings is 1. The highest BCUT2D eigenvalue weighted by Gasteiger charge is 2.26. The molecule has 1 saturated heterocycles. The molecule has 0 atom stereocenters. The third-order valence-electron chi connectivity index (χ3n) is 7.23. The van der Waals surface area contributed by atoms with Crippen molar-refractivity contribution in [3.05, 3.63) is 96.1 Å². The largest absolute Gasteiger partial charge is 0.456 e. The van der Waals surface area contributed by atoms with Crippen molar-refractivity contribution in [1.29, 1.82) is 5.26 Å². The van der Waals surface area contributed by atoms with Gasteiger partial charge in [-0.2, -0.15) is 9.57 Å². The van der Waals surface area contributed by atoms with Crippen molar-refractivity contribution < 1.29 is 27.2 Å². The Labute approximate surface area is 250 Å². The predicted octanol–water partition coefficient (Wildman–Crippen LogP) is 5.77. The summed E-state index contributed by atoms with van der Waals surface area (Å²) in [6.45, 7) is 0.506. The molecule has 4 aromatic rings. The molecule has 0 radical (unpaired) electrons. The standard InChI is InChI=1S/C33H31N3O6S/c34-22-28-31(25-10-4-1-5-11-25)32(26-12-6-2-7-13-26)42-33(28)35-29(37)23-41-30(38)19-16-24-14-17-27(18-15-24)43(39,40)36-20-8-3-9-21-36/h1-2,4-7,10-15,17-18H,3,8-9,16,19-21,23H2,(H,35,37). The van der Waals surface area contributed by atoms with Crippen LogP contribution in [0.2, 0.25) is 0 Å². The minimum atomic E-state index is -3.52. The zero-order valence-electron chi connectivity index (χ0n) is 23.5. The second-order valence-electron chi connectivity index (χ2n) is 10.2. The van der Waals surface area contributed by atoms with Crippen LogP contribution in [-0.4, -0.2) is 44.3 Å². The van der Waals surface area contributed by atoms with Gasteiger partial charge in [-0.15, -0.1) is 0 Å². The Balaban J connectivity index is 1.19. The number of rotatable bonds is 10. The highest BCUT2D eigenvalue weighted by atomic mass is 32.2. The third kappa shape index (κ3) is 7.02. The van der Waals surface area contributed by atoms with Gasteiger partial charge in [0.2, 0.25) is 15.9 Å². The van der Waals surface area contributed by atoms with E-state index >= 15 is 0 Å². The van der Waals surface area contributed by atoms with Gasteiger partial charge in [0.15, 0.2) is 6.61 Å². The van der Waals surface area contributed by atoms with E-state index in [4.69, 9.17) is 9.15 Å². The molecule has 3 aromatic carbocycles. The highest BCUT2D eigenvalue weighted by Crippen LogP contribution is 2.41. The Bertz CT molecular complexity index is 1720. The topological polar surface area (TPSA) is 130 Å². The first-order chi connectivity index (χ1) is 20.9. The number of carbonyl (C=O) groups excluding carboxylic acids is 2. The van der Waals surface area contributed by atoms with Crippen LogP contribution in [-0.2, 0) is 30.8 Å². The first kappa shape index (κ1) is 29.8. The molecule has 1 amide bonds. The van der Waals surface area contributed by atoms with Gasteiger partial charge in [-0.1, -0.05) is 79.2 Å². The lowest BCUT2D eigenvalue weighted by molar-refractivity contribution is -0.147. The van der Waals surface area contributed by atoms with E-state index in [9.17, 15) is 23.3 Å². The molecular weight excluding hydrogens is 566 g/mol. The Morgan fingerprint density at radius 3 is 2.14 bits per heavy atom. The number of piperidine rings is 1. The summed E-state index contributed by atoms with van der Waals surface area (Å²) < 4.78 is 38.3. The van der Waals surface area contributed by atoms with Crippen molar-refractivity contribution in [3.63, 3.8) is 0 Å². The summed E-state index contributed by atoms with van der Waals surface area (Å²) >= 11 is 0. The molecule has 0 unspecified atom stereocenters. The Kier molecular flexibility index (Phi) is 9.35. The molecule has 0 bridgehead atoms. The normalized spacial score (nSPS) is 13.7. The molecule has 1 aliphatic heterocycles. The van der Waals surface area contributed by atoms with Crippen molar-refractivity contribution in [3.8, 4) is 28.5 Å². The molecule has 1 N–H and O–H groups in total. The van der Waals surface area contributed by atoms with Gasteiger partial charge in [-0.3, -0.25) is 14.9 Å². The van der Waals surface area contributed by atoms with Crippen LogP contribution in [0.25, 0.3) is 22.5 Å². The molecule has 9 nitrogen and oxygen atoms in total. The van der Waals surface area contributed by atoms with E-state index in [1.165, 1.54) is 4.31 Å². The summed E-state index contributed by atoms with van der Waals surface area (Å²) in [5.41, 5.74) is 2.98. The minimum absolute atomic E-state index is 0.00596. The summed E-state index contributed by atoms with van der Waals surface area (Å²) in [7, 11) is -3.52. The average molecular weight is 598 g/mol. The number of nitrogens with one attached hydrogen (secondary N) is 1. The van der Waals surface area contributed by atoms with E-state index in [-0.39, 0.29) is 22.8 Å². The van der Waals surface area contributed by atoms with Crippen LogP contribution in [0.15, 0.2) is 94.2 Å². The van der Waals surface area contributed by atoms with E-state index in [2.05, 4.69) is 11.4 Å². The number of esters is 1. The molecule has 1 aromatic heterocycles. The number of carbonyl (C=O) groups is 2. The molecule has 220 valence electrons. The minimum Gasteiger partial charge on any atom is -0.456 e. The van der Waals surface area contributed by atoms with Crippen molar-refractivity contribution >= 4 is 27.8 Å². The van der Waals surface area contributed by atoms with Gasteiger partial charge in [0, 0.05) is 30.6 Å². The molecular formula is C33H31N3O6S. The zero-order chi connectivity index (χ0) is 30.2. The predicted molar refractivity (Wildman–Crippen MR) is 161 cm³/mol. The lowest BCUT2D eigenvalue weighted by Gasteiger charge is -2.25. The fourth-order valence-electron chi connectivity index (χ4n) is 5.01. The summed E-state index contributed by atoms with van der Waals surface area (Å²) in [4.78, 5) is 25.3. The number of hydrogen-bond donors (Lipinski definition) is 1. The van der Waals surface area contributed by atoms with Gasteiger partial charge < -0.3 is 9.15 Å². The van der Waals surface area contributed by atoms with E-state index in [1.54, 1.807) is 24.3 Å². The van der Waals surface area contributed by atoms with Gasteiger partial charge in [0.1, 0.15) is 17.4 Å². The monoisotopic (exact) mass is 597 g/mol. The molecule has 43 heavy (non-hydrogen) atoms. The molecule has 0 aliphatic carbocycles. The highest BCUT2D eigenvalue weighted by molar-refractivity contribution is 7.89. The van der Waals surface area contributed by atoms with Crippen LogP contribution in [0.3, 0.4) is 0 Å². The fourth-order valence-corrected chi connectivity index (χ4v) is 6.53. The molecule has 10 heteroatoms. The quantitative estimate of drug-likeness (QED) is 0.230. The van der Waals surface area contributed by atoms with E-state index in [0.29, 0.717) is 30.8 Å². The Morgan fingerprint density at radius 2 is 1.51 bits per heavy atom. The van der Waals surface area contributed by atoms with Crippen LogP contribution in [0.4, 0.5) is 5.88 Å². The van der Waals surface area contributed by atoms with Gasteiger partial charge in [0.05, 0.1) is 4.90 Å². The smallest absolute Gasteiger partial charge is 0.306 e. The number of ether oxygens (including phenoxy) is 1. The summed E-state index contributed by atoms with van der Waals surface area (Å²) in [5, 5.41) is 12.5. The Hall–Kier alpha value is -4.72. The second kappa shape index (κ2) is 13.5. The molecule has 1 aliphatic rings. The number of sulfonamides is 1. The number of hydrogen-bond acceptors (Lipinski definition) is 7. The third-order valence-corrected chi connectivity index (χ3v) is 9.14. The van der Waals surface area contributed by atoms with Crippen molar-refractivity contribution in [1.82, 2.24) is 4.31 Å². The second-order valence-corrected chi connectivity index (χ2v) is 12.1. The SMILES string of the molecule is N#Cc1c(NC(=O)COC(=O)CCc2ccc(S(=O)(=O)N3CCCCC3)cc2)oc(-c2ccccc2)c1-c1ccccc1. The number of aryl methyl sites for hydroxylation is 1.